The van der Waals surface area contributed by atoms with Crippen LogP contribution in [0.2, 0.25) is 0 Å². The standard InChI is InChI=1S/C17H27NO2/c1-17(2,3)12-6-5-7-15(18)13-8-10-14(11-9-13)16(19)20-4/h8-11,15H,5-7,12,18H2,1-4H3/t15-/m1/s1. The van der Waals surface area contributed by atoms with E-state index in [1.807, 2.05) is 12.1 Å². The van der Waals surface area contributed by atoms with E-state index >= 15 is 0 Å². The maximum Gasteiger partial charge on any atom is 0.337 e. The monoisotopic (exact) mass is 277 g/mol. The number of ether oxygens (including phenoxy) is 1. The molecule has 0 saturated heterocycles. The molecule has 20 heavy (non-hydrogen) atoms. The second-order valence-corrected chi connectivity index (χ2v) is 6.53. The Morgan fingerprint density at radius 3 is 2.30 bits per heavy atom. The molecule has 3 nitrogen and oxygen atoms in total. The number of unbranched alkanes of at least 4 members (excludes halogenated alkanes) is 1. The second kappa shape index (κ2) is 7.44. The molecule has 2 N–H and O–H groups in total. The van der Waals surface area contributed by atoms with Crippen LogP contribution in [-0.4, -0.2) is 13.1 Å². The lowest BCUT2D eigenvalue weighted by atomic mass is 9.89. The zero-order valence-electron chi connectivity index (χ0n) is 13.1. The van der Waals surface area contributed by atoms with Crippen LogP contribution in [0.4, 0.5) is 0 Å². The molecule has 0 unspecified atom stereocenters. The Hall–Kier alpha value is -1.35. The molecule has 0 amide bonds. The van der Waals surface area contributed by atoms with E-state index in [0.717, 1.165) is 18.4 Å². The molecule has 0 heterocycles. The first-order chi connectivity index (χ1) is 9.33. The summed E-state index contributed by atoms with van der Waals surface area (Å²) in [7, 11) is 1.39. The molecule has 1 rings (SSSR count). The predicted octanol–water partition coefficient (Wildman–Crippen LogP) is 4.08. The van der Waals surface area contributed by atoms with Gasteiger partial charge in [-0.3, -0.25) is 0 Å². The van der Waals surface area contributed by atoms with Gasteiger partial charge in [-0.2, -0.15) is 0 Å². The Balaban J connectivity index is 2.44. The summed E-state index contributed by atoms with van der Waals surface area (Å²) < 4.78 is 4.68. The van der Waals surface area contributed by atoms with E-state index in [1.165, 1.54) is 20.0 Å². The molecular weight excluding hydrogens is 250 g/mol. The van der Waals surface area contributed by atoms with E-state index in [2.05, 4.69) is 25.5 Å². The van der Waals surface area contributed by atoms with Crippen LogP contribution in [0.3, 0.4) is 0 Å². The topological polar surface area (TPSA) is 52.3 Å². The number of carbonyl (C=O) groups excluding carboxylic acids is 1. The van der Waals surface area contributed by atoms with Crippen molar-refractivity contribution < 1.29 is 9.53 Å². The molecule has 0 radical (unpaired) electrons. The van der Waals surface area contributed by atoms with Gasteiger partial charge >= 0.3 is 5.97 Å². The van der Waals surface area contributed by atoms with Crippen molar-refractivity contribution >= 4 is 5.97 Å². The third-order valence-corrected chi connectivity index (χ3v) is 3.45. The van der Waals surface area contributed by atoms with Gasteiger partial charge in [0, 0.05) is 6.04 Å². The minimum atomic E-state index is -0.310. The van der Waals surface area contributed by atoms with Crippen LogP contribution in [0.5, 0.6) is 0 Å². The van der Waals surface area contributed by atoms with Gasteiger partial charge in [0.25, 0.3) is 0 Å². The number of methoxy groups -OCH3 is 1. The quantitative estimate of drug-likeness (QED) is 0.629. The normalized spacial score (nSPS) is 13.1. The van der Waals surface area contributed by atoms with E-state index in [0.29, 0.717) is 11.0 Å². The Morgan fingerprint density at radius 2 is 1.80 bits per heavy atom. The van der Waals surface area contributed by atoms with E-state index in [-0.39, 0.29) is 12.0 Å². The molecule has 0 saturated carbocycles. The van der Waals surface area contributed by atoms with E-state index in [9.17, 15) is 4.79 Å². The molecule has 0 aliphatic carbocycles. The lowest BCUT2D eigenvalue weighted by Gasteiger charge is -2.18. The summed E-state index contributed by atoms with van der Waals surface area (Å²) in [6, 6.07) is 7.43. The molecule has 0 bridgehead atoms. The first-order valence-electron chi connectivity index (χ1n) is 7.27. The highest BCUT2D eigenvalue weighted by molar-refractivity contribution is 5.89. The molecule has 1 aromatic rings. The third kappa shape index (κ3) is 5.74. The van der Waals surface area contributed by atoms with Crippen molar-refractivity contribution in [2.24, 2.45) is 11.1 Å². The molecule has 0 aliphatic rings. The van der Waals surface area contributed by atoms with Crippen molar-refractivity contribution in [2.75, 3.05) is 7.11 Å². The van der Waals surface area contributed by atoms with Crippen LogP contribution in [0.1, 0.15) is 68.4 Å². The van der Waals surface area contributed by atoms with E-state index in [1.54, 1.807) is 12.1 Å². The summed E-state index contributed by atoms with van der Waals surface area (Å²) in [6.45, 7) is 6.79. The van der Waals surface area contributed by atoms with Crippen molar-refractivity contribution in [3.05, 3.63) is 35.4 Å². The summed E-state index contributed by atoms with van der Waals surface area (Å²) >= 11 is 0. The van der Waals surface area contributed by atoms with Gasteiger partial charge in [0.1, 0.15) is 0 Å². The molecule has 1 aromatic carbocycles. The summed E-state index contributed by atoms with van der Waals surface area (Å²) in [5, 5.41) is 0. The zero-order valence-corrected chi connectivity index (χ0v) is 13.1. The molecule has 3 heteroatoms. The number of rotatable bonds is 6. The summed E-state index contributed by atoms with van der Waals surface area (Å²) in [5.41, 5.74) is 8.23. The van der Waals surface area contributed by atoms with Crippen LogP contribution in [0.15, 0.2) is 24.3 Å². The Morgan fingerprint density at radius 1 is 1.20 bits per heavy atom. The highest BCUT2D eigenvalue weighted by Crippen LogP contribution is 2.24. The van der Waals surface area contributed by atoms with Crippen molar-refractivity contribution in [1.82, 2.24) is 0 Å². The first kappa shape index (κ1) is 16.7. The predicted molar refractivity (Wildman–Crippen MR) is 82.6 cm³/mol. The van der Waals surface area contributed by atoms with E-state index in [4.69, 9.17) is 5.73 Å². The maximum absolute atomic E-state index is 11.3. The highest BCUT2D eigenvalue weighted by atomic mass is 16.5. The molecule has 0 spiro atoms. The van der Waals surface area contributed by atoms with Gasteiger partial charge in [-0.25, -0.2) is 4.79 Å². The number of carbonyl (C=O) groups is 1. The van der Waals surface area contributed by atoms with Crippen LogP contribution < -0.4 is 5.73 Å². The smallest absolute Gasteiger partial charge is 0.337 e. The maximum atomic E-state index is 11.3. The van der Waals surface area contributed by atoms with Crippen molar-refractivity contribution in [2.45, 2.75) is 52.5 Å². The fourth-order valence-electron chi connectivity index (χ4n) is 2.17. The van der Waals surface area contributed by atoms with Crippen LogP contribution in [-0.2, 0) is 4.74 Å². The van der Waals surface area contributed by atoms with Gasteiger partial charge in [-0.05, 0) is 36.0 Å². The SMILES string of the molecule is COC(=O)c1ccc([C@H](N)CCCCC(C)(C)C)cc1. The van der Waals surface area contributed by atoms with Crippen LogP contribution in [0, 0.1) is 5.41 Å². The minimum Gasteiger partial charge on any atom is -0.465 e. The van der Waals surface area contributed by atoms with Gasteiger partial charge in [-0.1, -0.05) is 45.7 Å². The van der Waals surface area contributed by atoms with Crippen LogP contribution >= 0.6 is 0 Å². The van der Waals surface area contributed by atoms with Crippen molar-refractivity contribution in [3.63, 3.8) is 0 Å². The van der Waals surface area contributed by atoms with Crippen LogP contribution in [0.25, 0.3) is 0 Å². The molecule has 112 valence electrons. The molecule has 0 aliphatic heterocycles. The molecule has 0 fully saturated rings. The van der Waals surface area contributed by atoms with Gasteiger partial charge in [-0.15, -0.1) is 0 Å². The number of nitrogens with two attached hydrogens (primary N) is 1. The highest BCUT2D eigenvalue weighted by Gasteiger charge is 2.11. The fourth-order valence-corrected chi connectivity index (χ4v) is 2.17. The number of esters is 1. The molecule has 1 atom stereocenters. The lowest BCUT2D eigenvalue weighted by molar-refractivity contribution is 0.0600. The van der Waals surface area contributed by atoms with E-state index < -0.39 is 0 Å². The Bertz CT molecular complexity index is 418. The summed E-state index contributed by atoms with van der Waals surface area (Å²) in [4.78, 5) is 11.3. The zero-order chi connectivity index (χ0) is 15.2. The van der Waals surface area contributed by atoms with Crippen molar-refractivity contribution in [1.29, 1.82) is 0 Å². The Kier molecular flexibility index (Phi) is 6.21. The minimum absolute atomic E-state index is 0.0432. The van der Waals surface area contributed by atoms with Gasteiger partial charge in [0.2, 0.25) is 0 Å². The fraction of sp³-hybridized carbons (Fsp3) is 0.588. The third-order valence-electron chi connectivity index (χ3n) is 3.45. The number of benzene rings is 1. The van der Waals surface area contributed by atoms with Gasteiger partial charge in [0.15, 0.2) is 0 Å². The van der Waals surface area contributed by atoms with Gasteiger partial charge < -0.3 is 10.5 Å². The largest absolute Gasteiger partial charge is 0.465 e. The first-order valence-corrected chi connectivity index (χ1v) is 7.27. The number of hydrogen-bond donors (Lipinski definition) is 1. The average molecular weight is 277 g/mol. The molecular formula is C17H27NO2. The summed E-state index contributed by atoms with van der Waals surface area (Å²) in [5.74, 6) is -0.310. The van der Waals surface area contributed by atoms with Gasteiger partial charge in [0.05, 0.1) is 12.7 Å². The number of hydrogen-bond acceptors (Lipinski definition) is 3. The lowest BCUT2D eigenvalue weighted by Crippen LogP contribution is -2.11. The average Bonchev–Trinajstić information content (AvgIpc) is 2.41. The van der Waals surface area contributed by atoms with Crippen molar-refractivity contribution in [3.8, 4) is 0 Å². The summed E-state index contributed by atoms with van der Waals surface area (Å²) in [6.07, 6.45) is 4.54. The molecule has 0 aromatic heterocycles. The second-order valence-electron chi connectivity index (χ2n) is 6.53. The Labute approximate surface area is 122 Å².